The lowest BCUT2D eigenvalue weighted by Gasteiger charge is -2.22. The fraction of sp³-hybridized carbons (Fsp3) is 0.0800. The Morgan fingerprint density at radius 2 is 1.79 bits per heavy atom. The van der Waals surface area contributed by atoms with E-state index < -0.39 is 16.9 Å². The molecule has 0 aliphatic carbocycles. The smallest absolute Gasteiger partial charge is 0.296 e. The second-order valence-electron chi connectivity index (χ2n) is 8.06. The molecule has 1 aliphatic rings. The summed E-state index contributed by atoms with van der Waals surface area (Å²) in [5.41, 5.74) is 0.520. The normalized spacial score (nSPS) is 15.3. The largest absolute Gasteiger partial charge is 0.450 e. The van der Waals surface area contributed by atoms with Crippen LogP contribution in [0.1, 0.15) is 33.5 Å². The van der Waals surface area contributed by atoms with Crippen LogP contribution in [0.3, 0.4) is 0 Å². The minimum Gasteiger partial charge on any atom is -0.450 e. The maximum absolute atomic E-state index is 13.9. The van der Waals surface area contributed by atoms with Crippen molar-refractivity contribution in [1.82, 2.24) is 5.16 Å². The molecule has 3 aromatic carbocycles. The molecular weight excluding hydrogens is 438 g/mol. The summed E-state index contributed by atoms with van der Waals surface area (Å²) in [5, 5.41) is 17.1. The lowest BCUT2D eigenvalue weighted by Crippen LogP contribution is -2.29. The van der Waals surface area contributed by atoms with E-state index in [0.717, 1.165) is 5.39 Å². The summed E-state index contributed by atoms with van der Waals surface area (Å²) < 4.78 is 11.2. The molecule has 0 radical (unpaired) electrons. The van der Waals surface area contributed by atoms with Crippen molar-refractivity contribution in [3.63, 3.8) is 0 Å². The van der Waals surface area contributed by atoms with Crippen LogP contribution < -0.4 is 10.3 Å². The summed E-state index contributed by atoms with van der Waals surface area (Å²) in [6.45, 7) is 1.69. The zero-order valence-electron chi connectivity index (χ0n) is 17.7. The minimum absolute atomic E-state index is 0.0863. The van der Waals surface area contributed by atoms with Crippen LogP contribution in [0.5, 0.6) is 0 Å². The zero-order chi connectivity index (χ0) is 23.6. The molecule has 166 valence electrons. The average molecular weight is 453 g/mol. The molecule has 1 atom stereocenters. The molecule has 3 heterocycles. The predicted octanol–water partition coefficient (Wildman–Crippen LogP) is 4.90. The Hall–Kier alpha value is -4.79. The second kappa shape index (κ2) is 7.11. The number of nitro groups is 1. The molecule has 1 aliphatic heterocycles. The number of nitrogens with zero attached hydrogens (tertiary/aromatic N) is 3. The van der Waals surface area contributed by atoms with Gasteiger partial charge in [0.05, 0.1) is 21.9 Å². The Kier molecular flexibility index (Phi) is 4.15. The highest BCUT2D eigenvalue weighted by Crippen LogP contribution is 2.41. The number of hydrogen-bond acceptors (Lipinski definition) is 7. The molecule has 1 unspecified atom stereocenters. The van der Waals surface area contributed by atoms with Gasteiger partial charge in [0.2, 0.25) is 5.76 Å². The van der Waals surface area contributed by atoms with Gasteiger partial charge < -0.3 is 8.94 Å². The molecule has 0 N–H and O–H groups in total. The highest BCUT2D eigenvalue weighted by atomic mass is 16.6. The summed E-state index contributed by atoms with van der Waals surface area (Å²) in [4.78, 5) is 39.4. The minimum atomic E-state index is -0.896. The van der Waals surface area contributed by atoms with E-state index in [0.29, 0.717) is 27.7 Å². The molecule has 5 aromatic rings. The maximum atomic E-state index is 13.9. The van der Waals surface area contributed by atoms with Crippen LogP contribution in [0, 0.1) is 17.0 Å². The van der Waals surface area contributed by atoms with Crippen LogP contribution in [0.25, 0.3) is 21.7 Å². The Morgan fingerprint density at radius 1 is 1.03 bits per heavy atom. The van der Waals surface area contributed by atoms with Gasteiger partial charge in [-0.1, -0.05) is 35.5 Å². The SMILES string of the molecule is Cc1cc(N2C(=O)c3oc4ccc5ccccc5c4c(=O)c3C2c2ccc([N+](=O)[O-])cc2)no1. The van der Waals surface area contributed by atoms with E-state index >= 15 is 0 Å². The standard InChI is InChI=1S/C25H15N3O6/c1-13-12-19(26-34-13)27-22(15-6-9-16(10-7-15)28(31)32)21-23(29)20-17-5-3-2-4-14(17)8-11-18(20)33-24(21)25(27)30/h2-12,22H,1H3. The fourth-order valence-electron chi connectivity index (χ4n) is 4.53. The Bertz CT molecular complexity index is 1700. The van der Waals surface area contributed by atoms with Crippen LogP contribution in [0.4, 0.5) is 11.5 Å². The highest BCUT2D eigenvalue weighted by molar-refractivity contribution is 6.12. The Morgan fingerprint density at radius 3 is 2.50 bits per heavy atom. The van der Waals surface area contributed by atoms with Crippen LogP contribution in [0.2, 0.25) is 0 Å². The third-order valence-corrected chi connectivity index (χ3v) is 6.05. The molecule has 0 bridgehead atoms. The van der Waals surface area contributed by atoms with Crippen molar-refractivity contribution in [3.05, 3.63) is 110 Å². The first-order valence-corrected chi connectivity index (χ1v) is 10.4. The van der Waals surface area contributed by atoms with Crippen molar-refractivity contribution in [2.24, 2.45) is 0 Å². The third kappa shape index (κ3) is 2.77. The molecule has 0 spiro atoms. The molecule has 0 saturated carbocycles. The number of benzene rings is 3. The van der Waals surface area contributed by atoms with Crippen molar-refractivity contribution >= 4 is 39.2 Å². The van der Waals surface area contributed by atoms with Gasteiger partial charge in [0.25, 0.3) is 11.6 Å². The van der Waals surface area contributed by atoms with Gasteiger partial charge in [0.15, 0.2) is 11.2 Å². The summed E-state index contributed by atoms with van der Waals surface area (Å²) in [6.07, 6.45) is 0. The lowest BCUT2D eigenvalue weighted by molar-refractivity contribution is -0.384. The number of aryl methyl sites for hydroxylation is 1. The number of fused-ring (bicyclic) bond motifs is 4. The molecule has 0 saturated heterocycles. The van der Waals surface area contributed by atoms with E-state index in [2.05, 4.69) is 5.16 Å². The maximum Gasteiger partial charge on any atom is 0.296 e. The first kappa shape index (κ1) is 19.9. The van der Waals surface area contributed by atoms with E-state index in [-0.39, 0.29) is 28.3 Å². The Labute approximate surface area is 191 Å². The third-order valence-electron chi connectivity index (χ3n) is 6.05. The van der Waals surface area contributed by atoms with Gasteiger partial charge in [-0.05, 0) is 41.5 Å². The van der Waals surface area contributed by atoms with Gasteiger partial charge in [-0.3, -0.25) is 24.6 Å². The number of carbonyl (C=O) groups excluding carboxylic acids is 1. The molecule has 34 heavy (non-hydrogen) atoms. The molecular formula is C25H15N3O6. The Balaban J connectivity index is 1.67. The summed E-state index contributed by atoms with van der Waals surface area (Å²) >= 11 is 0. The van der Waals surface area contributed by atoms with Crippen molar-refractivity contribution in [1.29, 1.82) is 0 Å². The van der Waals surface area contributed by atoms with Crippen molar-refractivity contribution < 1.29 is 18.7 Å². The number of carbonyl (C=O) groups is 1. The summed E-state index contributed by atoms with van der Waals surface area (Å²) in [6, 6.07) is 17.4. The molecule has 0 fully saturated rings. The summed E-state index contributed by atoms with van der Waals surface area (Å²) in [7, 11) is 0. The molecule has 9 heteroatoms. The van der Waals surface area contributed by atoms with Crippen molar-refractivity contribution in [3.8, 4) is 0 Å². The number of amides is 1. The number of nitro benzene ring substituents is 1. The highest BCUT2D eigenvalue weighted by Gasteiger charge is 2.45. The van der Waals surface area contributed by atoms with Gasteiger partial charge in [0, 0.05) is 18.2 Å². The first-order valence-electron chi connectivity index (χ1n) is 10.4. The summed E-state index contributed by atoms with van der Waals surface area (Å²) in [5.74, 6) is 0.0674. The monoisotopic (exact) mass is 453 g/mol. The lowest BCUT2D eigenvalue weighted by atomic mass is 9.96. The van der Waals surface area contributed by atoms with Crippen LogP contribution in [-0.4, -0.2) is 16.0 Å². The first-order chi connectivity index (χ1) is 16.4. The van der Waals surface area contributed by atoms with E-state index in [1.54, 1.807) is 19.1 Å². The predicted molar refractivity (Wildman–Crippen MR) is 123 cm³/mol. The van der Waals surface area contributed by atoms with Gasteiger partial charge >= 0.3 is 0 Å². The number of non-ortho nitro benzene ring substituents is 1. The van der Waals surface area contributed by atoms with Crippen molar-refractivity contribution in [2.45, 2.75) is 13.0 Å². The quantitative estimate of drug-likeness (QED) is 0.216. The van der Waals surface area contributed by atoms with Crippen LogP contribution in [0.15, 0.2) is 80.5 Å². The number of hydrogen-bond donors (Lipinski definition) is 0. The van der Waals surface area contributed by atoms with Gasteiger partial charge in [-0.15, -0.1) is 0 Å². The number of anilines is 1. The van der Waals surface area contributed by atoms with Crippen LogP contribution in [-0.2, 0) is 0 Å². The van der Waals surface area contributed by atoms with E-state index in [4.69, 9.17) is 8.94 Å². The van der Waals surface area contributed by atoms with E-state index in [9.17, 15) is 19.7 Å². The van der Waals surface area contributed by atoms with Crippen molar-refractivity contribution in [2.75, 3.05) is 4.90 Å². The molecule has 6 rings (SSSR count). The molecule has 2 aromatic heterocycles. The number of rotatable bonds is 3. The van der Waals surface area contributed by atoms with Gasteiger partial charge in [0.1, 0.15) is 11.3 Å². The van der Waals surface area contributed by atoms with E-state index in [1.165, 1.54) is 29.2 Å². The van der Waals surface area contributed by atoms with Crippen LogP contribution >= 0.6 is 0 Å². The van der Waals surface area contributed by atoms with Gasteiger partial charge in [-0.25, -0.2) is 0 Å². The molecule has 1 amide bonds. The zero-order valence-corrected chi connectivity index (χ0v) is 17.7. The number of aromatic nitrogens is 1. The second-order valence-corrected chi connectivity index (χ2v) is 8.06. The van der Waals surface area contributed by atoms with E-state index in [1.807, 2.05) is 30.3 Å². The molecule has 9 nitrogen and oxygen atoms in total. The average Bonchev–Trinajstić information content (AvgIpc) is 3.39. The van der Waals surface area contributed by atoms with Gasteiger partial charge in [-0.2, -0.15) is 0 Å². The topological polar surface area (TPSA) is 120 Å². The fourth-order valence-corrected chi connectivity index (χ4v) is 4.53.